The van der Waals surface area contributed by atoms with Crippen LogP contribution >= 0.6 is 0 Å². The molecule has 1 saturated carbocycles. The van der Waals surface area contributed by atoms with Gasteiger partial charge in [0.15, 0.2) is 0 Å². The first-order valence-electron chi connectivity index (χ1n) is 7.66. The fourth-order valence-corrected chi connectivity index (χ4v) is 4.51. The lowest BCUT2D eigenvalue weighted by Crippen LogP contribution is -2.52. The van der Waals surface area contributed by atoms with E-state index in [0.29, 0.717) is 29.3 Å². The van der Waals surface area contributed by atoms with Crippen molar-refractivity contribution in [2.45, 2.75) is 73.0 Å². The number of carbonyl (C=O) groups is 1. The summed E-state index contributed by atoms with van der Waals surface area (Å²) in [6, 6.07) is 0.397. The second-order valence-corrected chi connectivity index (χ2v) is 8.44. The molecule has 0 spiro atoms. The molecule has 110 valence electrons. The van der Waals surface area contributed by atoms with Gasteiger partial charge in [0.1, 0.15) is 0 Å². The van der Waals surface area contributed by atoms with Crippen molar-refractivity contribution < 1.29 is 4.79 Å². The number of amides is 1. The summed E-state index contributed by atoms with van der Waals surface area (Å²) in [5, 5.41) is 3.38. The molecular weight excluding hydrogens is 236 g/mol. The number of nitrogens with one attached hydrogen (secondary N) is 1. The normalized spacial score (nSPS) is 31.2. The van der Waals surface area contributed by atoms with Crippen molar-refractivity contribution in [1.29, 1.82) is 0 Å². The maximum absolute atomic E-state index is 12.3. The maximum atomic E-state index is 12.3. The second kappa shape index (κ2) is 4.76. The summed E-state index contributed by atoms with van der Waals surface area (Å²) in [5.41, 5.74) is 0.660. The smallest absolute Gasteiger partial charge is 0.238 e. The van der Waals surface area contributed by atoms with E-state index in [4.69, 9.17) is 0 Å². The van der Waals surface area contributed by atoms with E-state index in [-0.39, 0.29) is 12.1 Å². The summed E-state index contributed by atoms with van der Waals surface area (Å²) < 4.78 is 0. The van der Waals surface area contributed by atoms with Gasteiger partial charge in [-0.3, -0.25) is 10.1 Å². The molecule has 2 aliphatic rings. The van der Waals surface area contributed by atoms with Gasteiger partial charge in [0, 0.05) is 6.04 Å². The topological polar surface area (TPSA) is 32.3 Å². The molecule has 1 unspecified atom stereocenters. The molecule has 3 nitrogen and oxygen atoms in total. The molecule has 1 amide bonds. The van der Waals surface area contributed by atoms with Crippen LogP contribution in [-0.2, 0) is 4.79 Å². The minimum atomic E-state index is 0.224. The first kappa shape index (κ1) is 14.8. The SMILES string of the molecule is CC(C)C1NCC(=O)N1C1CC(C)(C)CC(C)(C)C1. The quantitative estimate of drug-likeness (QED) is 0.833. The van der Waals surface area contributed by atoms with E-state index >= 15 is 0 Å². The molecule has 1 heterocycles. The maximum Gasteiger partial charge on any atom is 0.238 e. The largest absolute Gasteiger partial charge is 0.323 e. The Balaban J connectivity index is 2.22. The van der Waals surface area contributed by atoms with Gasteiger partial charge in [-0.2, -0.15) is 0 Å². The van der Waals surface area contributed by atoms with Crippen LogP contribution in [0.15, 0.2) is 0 Å². The van der Waals surface area contributed by atoms with Gasteiger partial charge in [0.25, 0.3) is 0 Å². The number of rotatable bonds is 2. The van der Waals surface area contributed by atoms with E-state index in [9.17, 15) is 4.79 Å². The zero-order chi connectivity index (χ0) is 14.4. The lowest BCUT2D eigenvalue weighted by atomic mass is 9.63. The molecule has 1 saturated heterocycles. The van der Waals surface area contributed by atoms with Crippen LogP contribution in [0.25, 0.3) is 0 Å². The lowest BCUT2D eigenvalue weighted by Gasteiger charge is -2.49. The van der Waals surface area contributed by atoms with Crippen LogP contribution in [0.3, 0.4) is 0 Å². The third kappa shape index (κ3) is 3.13. The lowest BCUT2D eigenvalue weighted by molar-refractivity contribution is -0.134. The van der Waals surface area contributed by atoms with E-state index < -0.39 is 0 Å². The predicted octanol–water partition coefficient (Wildman–Crippen LogP) is 3.01. The number of hydrogen-bond donors (Lipinski definition) is 1. The molecule has 0 radical (unpaired) electrons. The minimum absolute atomic E-state index is 0.224. The second-order valence-electron chi connectivity index (χ2n) is 8.44. The van der Waals surface area contributed by atoms with Crippen LogP contribution in [0.4, 0.5) is 0 Å². The molecule has 2 rings (SSSR count). The van der Waals surface area contributed by atoms with Crippen LogP contribution in [0, 0.1) is 16.7 Å². The molecule has 0 bridgehead atoms. The third-order valence-electron chi connectivity index (χ3n) is 4.61. The zero-order valence-corrected chi connectivity index (χ0v) is 13.4. The Hall–Kier alpha value is -0.570. The van der Waals surface area contributed by atoms with Crippen LogP contribution in [0.2, 0.25) is 0 Å². The van der Waals surface area contributed by atoms with E-state index in [1.807, 2.05) is 0 Å². The van der Waals surface area contributed by atoms with Gasteiger partial charge >= 0.3 is 0 Å². The van der Waals surface area contributed by atoms with Gasteiger partial charge < -0.3 is 4.90 Å². The third-order valence-corrected chi connectivity index (χ3v) is 4.61. The Morgan fingerprint density at radius 3 is 2.16 bits per heavy atom. The molecular formula is C16H30N2O. The Labute approximate surface area is 118 Å². The van der Waals surface area contributed by atoms with Crippen molar-refractivity contribution in [2.75, 3.05) is 6.54 Å². The van der Waals surface area contributed by atoms with Gasteiger partial charge in [-0.1, -0.05) is 41.5 Å². The van der Waals surface area contributed by atoms with Crippen molar-refractivity contribution in [3.8, 4) is 0 Å². The van der Waals surface area contributed by atoms with Gasteiger partial charge in [0.2, 0.25) is 5.91 Å². The summed E-state index contributed by atoms with van der Waals surface area (Å²) in [7, 11) is 0. The average molecular weight is 266 g/mol. The molecule has 1 aliphatic carbocycles. The highest BCUT2D eigenvalue weighted by atomic mass is 16.2. The van der Waals surface area contributed by atoms with Gasteiger partial charge in [-0.15, -0.1) is 0 Å². The first-order valence-corrected chi connectivity index (χ1v) is 7.66. The standard InChI is InChI=1S/C16H30N2O/c1-11(2)14-17-9-13(19)18(14)12-7-15(3,4)10-16(5,6)8-12/h11-12,14,17H,7-10H2,1-6H3. The minimum Gasteiger partial charge on any atom is -0.323 e. The summed E-state index contributed by atoms with van der Waals surface area (Å²) in [5.74, 6) is 0.761. The van der Waals surface area contributed by atoms with Crippen molar-refractivity contribution in [3.05, 3.63) is 0 Å². The van der Waals surface area contributed by atoms with Gasteiger partial charge in [0.05, 0.1) is 12.7 Å². The van der Waals surface area contributed by atoms with Crippen molar-refractivity contribution in [3.63, 3.8) is 0 Å². The monoisotopic (exact) mass is 266 g/mol. The highest BCUT2D eigenvalue weighted by molar-refractivity contribution is 5.81. The van der Waals surface area contributed by atoms with Gasteiger partial charge in [-0.25, -0.2) is 0 Å². The molecule has 0 aromatic carbocycles. The molecule has 1 N–H and O–H groups in total. The summed E-state index contributed by atoms with van der Waals surface area (Å²) in [6.07, 6.45) is 3.74. The molecule has 2 fully saturated rings. The summed E-state index contributed by atoms with van der Waals surface area (Å²) >= 11 is 0. The Morgan fingerprint density at radius 2 is 1.68 bits per heavy atom. The summed E-state index contributed by atoms with van der Waals surface area (Å²) in [4.78, 5) is 14.4. The fraction of sp³-hybridized carbons (Fsp3) is 0.938. The van der Waals surface area contributed by atoms with E-state index in [1.165, 1.54) is 6.42 Å². The molecule has 0 aromatic heterocycles. The fourth-order valence-electron chi connectivity index (χ4n) is 4.51. The van der Waals surface area contributed by atoms with Crippen molar-refractivity contribution in [1.82, 2.24) is 10.2 Å². The van der Waals surface area contributed by atoms with E-state index in [1.54, 1.807) is 0 Å². The Morgan fingerprint density at radius 1 is 1.16 bits per heavy atom. The average Bonchev–Trinajstić information content (AvgIpc) is 2.55. The van der Waals surface area contributed by atoms with Crippen LogP contribution in [0.5, 0.6) is 0 Å². The Bertz CT molecular complexity index is 344. The molecule has 3 heteroatoms. The molecule has 19 heavy (non-hydrogen) atoms. The van der Waals surface area contributed by atoms with E-state index in [0.717, 1.165) is 12.8 Å². The molecule has 1 aliphatic heterocycles. The van der Waals surface area contributed by atoms with E-state index in [2.05, 4.69) is 51.8 Å². The molecule has 1 atom stereocenters. The molecule has 0 aromatic rings. The number of carbonyl (C=O) groups excluding carboxylic acids is 1. The highest BCUT2D eigenvalue weighted by Gasteiger charge is 2.45. The van der Waals surface area contributed by atoms with Crippen molar-refractivity contribution >= 4 is 5.91 Å². The predicted molar refractivity (Wildman–Crippen MR) is 78.7 cm³/mol. The summed E-state index contributed by atoms with van der Waals surface area (Å²) in [6.45, 7) is 14.3. The van der Waals surface area contributed by atoms with Crippen LogP contribution < -0.4 is 5.32 Å². The first-order chi connectivity index (χ1) is 8.61. The number of nitrogens with zero attached hydrogens (tertiary/aromatic N) is 1. The van der Waals surface area contributed by atoms with Crippen LogP contribution in [0.1, 0.15) is 60.8 Å². The number of hydrogen-bond acceptors (Lipinski definition) is 2. The zero-order valence-electron chi connectivity index (χ0n) is 13.4. The Kier molecular flexibility index (Phi) is 3.72. The van der Waals surface area contributed by atoms with Crippen molar-refractivity contribution in [2.24, 2.45) is 16.7 Å². The van der Waals surface area contributed by atoms with Gasteiger partial charge in [-0.05, 0) is 36.0 Å². The highest BCUT2D eigenvalue weighted by Crippen LogP contribution is 2.47. The van der Waals surface area contributed by atoms with Crippen LogP contribution in [-0.4, -0.2) is 29.6 Å².